The summed E-state index contributed by atoms with van der Waals surface area (Å²) in [6.07, 6.45) is -6.32. The molecule has 0 bridgehead atoms. The number of nitrogens with zero attached hydrogens (tertiary/aromatic N) is 1. The maximum absolute atomic E-state index is 12.3. The van der Waals surface area contributed by atoms with Crippen LogP contribution in [0.3, 0.4) is 0 Å². The van der Waals surface area contributed by atoms with E-state index in [1.807, 2.05) is 0 Å². The molecule has 1 aliphatic heterocycles. The van der Waals surface area contributed by atoms with Gasteiger partial charge in [-0.15, -0.1) is 0 Å². The standard InChI is InChI=1S/C11H12F3NO4/c1-6(2)19-10(18)15-4-3-8(16)7(5-15)9(17)11(12,13)14/h7H,1,3-5H2,2H3. The van der Waals surface area contributed by atoms with Crippen LogP contribution in [0, 0.1) is 5.92 Å². The van der Waals surface area contributed by atoms with E-state index in [-0.39, 0.29) is 18.7 Å². The number of halogens is 3. The molecule has 5 nitrogen and oxygen atoms in total. The average molecular weight is 279 g/mol. The first-order chi connectivity index (χ1) is 8.62. The molecule has 106 valence electrons. The first-order valence-corrected chi connectivity index (χ1v) is 5.39. The van der Waals surface area contributed by atoms with Crippen molar-refractivity contribution in [2.75, 3.05) is 13.1 Å². The van der Waals surface area contributed by atoms with E-state index in [1.165, 1.54) is 6.92 Å². The molecular weight excluding hydrogens is 267 g/mol. The lowest BCUT2D eigenvalue weighted by molar-refractivity contribution is -0.178. The Balaban J connectivity index is 2.79. The summed E-state index contributed by atoms with van der Waals surface area (Å²) in [5, 5.41) is 0. The highest BCUT2D eigenvalue weighted by Gasteiger charge is 2.48. The summed E-state index contributed by atoms with van der Waals surface area (Å²) in [4.78, 5) is 34.8. The lowest BCUT2D eigenvalue weighted by Gasteiger charge is -2.30. The third kappa shape index (κ3) is 3.80. The zero-order chi connectivity index (χ0) is 14.8. The van der Waals surface area contributed by atoms with Crippen molar-refractivity contribution >= 4 is 17.7 Å². The summed E-state index contributed by atoms with van der Waals surface area (Å²) in [6, 6.07) is 0. The molecule has 0 radical (unpaired) electrons. The predicted octanol–water partition coefficient (Wildman–Crippen LogP) is 1.68. The zero-order valence-corrected chi connectivity index (χ0v) is 10.1. The Morgan fingerprint density at radius 3 is 2.47 bits per heavy atom. The normalized spacial score (nSPS) is 20.1. The van der Waals surface area contributed by atoms with Crippen LogP contribution in [-0.4, -0.2) is 41.8 Å². The Morgan fingerprint density at radius 1 is 1.42 bits per heavy atom. The van der Waals surface area contributed by atoms with E-state index in [1.54, 1.807) is 0 Å². The van der Waals surface area contributed by atoms with E-state index >= 15 is 0 Å². The molecule has 0 N–H and O–H groups in total. The molecule has 1 unspecified atom stereocenters. The second kappa shape index (κ2) is 5.41. The molecule has 1 amide bonds. The van der Waals surface area contributed by atoms with Crippen LogP contribution < -0.4 is 0 Å². The van der Waals surface area contributed by atoms with Gasteiger partial charge in [0.1, 0.15) is 11.7 Å². The molecule has 1 heterocycles. The number of ketones is 2. The molecular formula is C11H12F3NO4. The molecule has 1 rings (SSSR count). The molecule has 0 aliphatic carbocycles. The summed E-state index contributed by atoms with van der Waals surface area (Å²) >= 11 is 0. The summed E-state index contributed by atoms with van der Waals surface area (Å²) < 4.78 is 41.5. The molecule has 1 fully saturated rings. The minimum Gasteiger partial charge on any atom is -0.416 e. The van der Waals surface area contributed by atoms with Gasteiger partial charge in [0.2, 0.25) is 5.78 Å². The van der Waals surface area contributed by atoms with Gasteiger partial charge < -0.3 is 9.64 Å². The first kappa shape index (κ1) is 15.2. The van der Waals surface area contributed by atoms with Crippen molar-refractivity contribution in [3.8, 4) is 0 Å². The van der Waals surface area contributed by atoms with Gasteiger partial charge in [0, 0.05) is 19.5 Å². The van der Waals surface area contributed by atoms with Crippen LogP contribution in [0.2, 0.25) is 0 Å². The van der Waals surface area contributed by atoms with Crippen molar-refractivity contribution < 1.29 is 32.3 Å². The second-order valence-electron chi connectivity index (χ2n) is 4.15. The van der Waals surface area contributed by atoms with Crippen molar-refractivity contribution in [3.63, 3.8) is 0 Å². The SMILES string of the molecule is C=C(C)OC(=O)N1CCC(=O)C(C(=O)C(F)(F)F)C1. The van der Waals surface area contributed by atoms with E-state index in [4.69, 9.17) is 0 Å². The summed E-state index contributed by atoms with van der Waals surface area (Å²) in [5.41, 5.74) is 0. The maximum atomic E-state index is 12.3. The van der Waals surface area contributed by atoms with E-state index in [2.05, 4.69) is 11.3 Å². The van der Waals surface area contributed by atoms with Gasteiger partial charge >= 0.3 is 12.3 Å². The minimum absolute atomic E-state index is 0.0700. The fraction of sp³-hybridized carbons (Fsp3) is 0.545. The van der Waals surface area contributed by atoms with E-state index in [0.717, 1.165) is 4.90 Å². The van der Waals surface area contributed by atoms with Crippen LogP contribution in [0.1, 0.15) is 13.3 Å². The average Bonchev–Trinajstić information content (AvgIpc) is 2.26. The summed E-state index contributed by atoms with van der Waals surface area (Å²) in [6.45, 7) is 4.01. The van der Waals surface area contributed by atoms with E-state index in [9.17, 15) is 27.6 Å². The molecule has 1 atom stereocenters. The van der Waals surface area contributed by atoms with Crippen molar-refractivity contribution in [2.45, 2.75) is 19.5 Å². The largest absolute Gasteiger partial charge is 0.450 e. The summed E-state index contributed by atoms with van der Waals surface area (Å²) in [7, 11) is 0. The van der Waals surface area contributed by atoms with Crippen LogP contribution in [-0.2, 0) is 14.3 Å². The van der Waals surface area contributed by atoms with Crippen LogP contribution in [0.25, 0.3) is 0 Å². The highest BCUT2D eigenvalue weighted by Crippen LogP contribution is 2.25. The monoisotopic (exact) mass is 279 g/mol. The van der Waals surface area contributed by atoms with Gasteiger partial charge in [0.25, 0.3) is 0 Å². The highest BCUT2D eigenvalue weighted by atomic mass is 19.4. The van der Waals surface area contributed by atoms with Gasteiger partial charge in [-0.05, 0) is 6.92 Å². The fourth-order valence-electron chi connectivity index (χ4n) is 1.64. The number of amides is 1. The third-order valence-electron chi connectivity index (χ3n) is 2.54. The number of alkyl halides is 3. The number of carbonyl (C=O) groups is 3. The van der Waals surface area contributed by atoms with Crippen LogP contribution >= 0.6 is 0 Å². The van der Waals surface area contributed by atoms with Gasteiger partial charge in [0.05, 0.1) is 5.76 Å². The van der Waals surface area contributed by atoms with Gasteiger partial charge in [-0.25, -0.2) is 4.79 Å². The fourth-order valence-corrected chi connectivity index (χ4v) is 1.64. The first-order valence-electron chi connectivity index (χ1n) is 5.39. The van der Waals surface area contributed by atoms with Crippen molar-refractivity contribution in [2.24, 2.45) is 5.92 Å². The van der Waals surface area contributed by atoms with Crippen molar-refractivity contribution in [3.05, 3.63) is 12.3 Å². The number of rotatable bonds is 2. The molecule has 8 heteroatoms. The molecule has 1 saturated heterocycles. The number of ether oxygens (including phenoxy) is 1. The molecule has 0 saturated carbocycles. The minimum atomic E-state index is -5.10. The number of hydrogen-bond acceptors (Lipinski definition) is 4. The zero-order valence-electron chi connectivity index (χ0n) is 10.1. The second-order valence-corrected chi connectivity index (χ2v) is 4.15. The molecule has 0 spiro atoms. The van der Waals surface area contributed by atoms with Gasteiger partial charge in [0.15, 0.2) is 0 Å². The number of allylic oxidation sites excluding steroid dienone is 1. The number of likely N-dealkylation sites (tertiary alicyclic amines) is 1. The Morgan fingerprint density at radius 2 is 2.00 bits per heavy atom. The smallest absolute Gasteiger partial charge is 0.416 e. The summed E-state index contributed by atoms with van der Waals surface area (Å²) in [5.74, 6) is -4.75. The Kier molecular flexibility index (Phi) is 4.33. The third-order valence-corrected chi connectivity index (χ3v) is 2.54. The van der Waals surface area contributed by atoms with E-state index < -0.39 is 36.3 Å². The molecule has 1 aliphatic rings. The topological polar surface area (TPSA) is 63.7 Å². The number of Topliss-reactive ketones (excluding diaryl/α,β-unsaturated/α-hetero) is 2. The Labute approximate surface area is 107 Å². The highest BCUT2D eigenvalue weighted by molar-refractivity contribution is 6.05. The van der Waals surface area contributed by atoms with Crippen molar-refractivity contribution in [1.29, 1.82) is 0 Å². The van der Waals surface area contributed by atoms with Gasteiger partial charge in [-0.2, -0.15) is 13.2 Å². The predicted molar refractivity (Wildman–Crippen MR) is 57.0 cm³/mol. The van der Waals surface area contributed by atoms with Crippen LogP contribution in [0.4, 0.5) is 18.0 Å². The maximum Gasteiger partial charge on any atom is 0.450 e. The quantitative estimate of drug-likeness (QED) is 0.570. The molecule has 0 aromatic carbocycles. The Hall–Kier alpha value is -1.86. The Bertz CT molecular complexity index is 430. The molecule has 0 aromatic rings. The van der Waals surface area contributed by atoms with Crippen molar-refractivity contribution in [1.82, 2.24) is 4.90 Å². The van der Waals surface area contributed by atoms with Crippen LogP contribution in [0.5, 0.6) is 0 Å². The lowest BCUT2D eigenvalue weighted by Crippen LogP contribution is -2.49. The van der Waals surface area contributed by atoms with Gasteiger partial charge in [-0.3, -0.25) is 9.59 Å². The molecule has 19 heavy (non-hydrogen) atoms. The van der Waals surface area contributed by atoms with Gasteiger partial charge in [-0.1, -0.05) is 6.58 Å². The van der Waals surface area contributed by atoms with E-state index in [0.29, 0.717) is 0 Å². The number of piperidine rings is 1. The lowest BCUT2D eigenvalue weighted by atomic mass is 9.92. The number of hydrogen-bond donors (Lipinski definition) is 0. The van der Waals surface area contributed by atoms with Crippen LogP contribution in [0.15, 0.2) is 12.3 Å². The molecule has 0 aromatic heterocycles. The number of carbonyl (C=O) groups excluding carboxylic acids is 3.